The van der Waals surface area contributed by atoms with Crippen LogP contribution in [0.2, 0.25) is 0 Å². The highest BCUT2D eigenvalue weighted by Crippen LogP contribution is 2.34. The fourth-order valence-corrected chi connectivity index (χ4v) is 3.02. The molecule has 1 aliphatic rings. The van der Waals surface area contributed by atoms with E-state index in [1.807, 2.05) is 6.92 Å². The molecule has 1 saturated heterocycles. The maximum absolute atomic E-state index is 13.0. The van der Waals surface area contributed by atoms with Crippen molar-refractivity contribution in [2.75, 3.05) is 18.4 Å². The second-order valence-electron chi connectivity index (χ2n) is 5.55. The molecule has 0 radical (unpaired) electrons. The van der Waals surface area contributed by atoms with E-state index in [4.69, 9.17) is 10.8 Å². The topological polar surface area (TPSA) is 95.7 Å². The van der Waals surface area contributed by atoms with Gasteiger partial charge in [-0.05, 0) is 37.1 Å². The van der Waals surface area contributed by atoms with Gasteiger partial charge in [-0.3, -0.25) is 4.79 Å². The quantitative estimate of drug-likeness (QED) is 0.791. The number of piperidine rings is 1. The highest BCUT2D eigenvalue weighted by atomic mass is 19.1. The first-order chi connectivity index (χ1) is 10.4. The van der Waals surface area contributed by atoms with Crippen molar-refractivity contribution >= 4 is 17.7 Å². The second-order valence-corrected chi connectivity index (χ2v) is 5.55. The lowest BCUT2D eigenvalue weighted by Crippen LogP contribution is -2.63. The van der Waals surface area contributed by atoms with Gasteiger partial charge in [-0.1, -0.05) is 6.92 Å². The van der Waals surface area contributed by atoms with Gasteiger partial charge < -0.3 is 21.1 Å². The summed E-state index contributed by atoms with van der Waals surface area (Å²) in [6.07, 6.45) is -0.121. The van der Waals surface area contributed by atoms with E-state index in [0.717, 1.165) is 0 Å². The number of hydrogen-bond acceptors (Lipinski definition) is 3. The van der Waals surface area contributed by atoms with Gasteiger partial charge >= 0.3 is 6.09 Å². The number of nitrogens with zero attached hydrogens (tertiary/aromatic N) is 1. The number of hydrogen-bond donors (Lipinski definition) is 3. The van der Waals surface area contributed by atoms with Crippen LogP contribution in [0.15, 0.2) is 24.3 Å². The molecule has 1 aromatic carbocycles. The molecule has 0 spiro atoms. The molecule has 120 valence electrons. The fourth-order valence-electron chi connectivity index (χ4n) is 3.02. The summed E-state index contributed by atoms with van der Waals surface area (Å²) in [5, 5.41) is 12.2. The molecule has 2 unspecified atom stereocenters. The molecule has 2 amide bonds. The highest BCUT2D eigenvalue weighted by Gasteiger charge is 2.47. The van der Waals surface area contributed by atoms with E-state index in [0.29, 0.717) is 12.1 Å². The molecule has 0 aliphatic carbocycles. The molecule has 0 saturated carbocycles. The zero-order chi connectivity index (χ0) is 16.3. The van der Waals surface area contributed by atoms with Gasteiger partial charge in [0.1, 0.15) is 11.4 Å². The molecular weight excluding hydrogens is 289 g/mol. The average molecular weight is 309 g/mol. The van der Waals surface area contributed by atoms with Crippen LogP contribution in [0.4, 0.5) is 14.9 Å². The summed E-state index contributed by atoms with van der Waals surface area (Å²) in [6, 6.07) is 5.67. The lowest BCUT2D eigenvalue weighted by Gasteiger charge is -2.45. The van der Waals surface area contributed by atoms with E-state index in [9.17, 15) is 14.0 Å². The highest BCUT2D eigenvalue weighted by molar-refractivity contribution is 5.89. The smallest absolute Gasteiger partial charge is 0.407 e. The van der Waals surface area contributed by atoms with Gasteiger partial charge in [-0.25, -0.2) is 9.18 Å². The number of likely N-dealkylation sites (tertiary alicyclic amines) is 1. The molecule has 0 bridgehead atoms. The summed E-state index contributed by atoms with van der Waals surface area (Å²) < 4.78 is 13.0. The van der Waals surface area contributed by atoms with Gasteiger partial charge in [0, 0.05) is 24.7 Å². The first-order valence-electron chi connectivity index (χ1n) is 7.20. The molecule has 1 aromatic rings. The predicted molar refractivity (Wildman–Crippen MR) is 79.9 cm³/mol. The largest absolute Gasteiger partial charge is 0.465 e. The number of rotatable bonds is 4. The minimum absolute atomic E-state index is 0.225. The Labute approximate surface area is 128 Å². The Morgan fingerprint density at radius 1 is 1.45 bits per heavy atom. The summed E-state index contributed by atoms with van der Waals surface area (Å²) in [5.74, 6) is -1.14. The molecule has 1 fully saturated rings. The number of carbonyl (C=O) groups excluding carboxylic acids is 1. The summed E-state index contributed by atoms with van der Waals surface area (Å²) in [5.41, 5.74) is 5.18. The van der Waals surface area contributed by atoms with Gasteiger partial charge in [-0.15, -0.1) is 0 Å². The van der Waals surface area contributed by atoms with Crippen LogP contribution >= 0.6 is 0 Å². The molecule has 6 nitrogen and oxygen atoms in total. The normalized spacial score (nSPS) is 24.8. The molecular formula is C15H20FN3O3. The minimum atomic E-state index is -1.03. The third kappa shape index (κ3) is 2.98. The van der Waals surface area contributed by atoms with Crippen molar-refractivity contribution in [1.29, 1.82) is 0 Å². The van der Waals surface area contributed by atoms with Crippen LogP contribution < -0.4 is 11.1 Å². The van der Waals surface area contributed by atoms with Crippen molar-refractivity contribution in [2.24, 2.45) is 11.7 Å². The lowest BCUT2D eigenvalue weighted by atomic mass is 9.75. The predicted octanol–water partition coefficient (Wildman–Crippen LogP) is 1.87. The number of nitrogens with one attached hydrogen (secondary N) is 1. The van der Waals surface area contributed by atoms with E-state index in [-0.39, 0.29) is 31.2 Å². The van der Waals surface area contributed by atoms with Crippen LogP contribution in [0.5, 0.6) is 0 Å². The molecule has 2 rings (SSSR count). The number of benzene rings is 1. The van der Waals surface area contributed by atoms with Crippen molar-refractivity contribution in [1.82, 2.24) is 4.90 Å². The number of primary amides is 1. The Kier molecular flexibility index (Phi) is 4.54. The van der Waals surface area contributed by atoms with Gasteiger partial charge in [-0.2, -0.15) is 0 Å². The maximum atomic E-state index is 13.0. The number of anilines is 1. The van der Waals surface area contributed by atoms with E-state index >= 15 is 0 Å². The Hall–Kier alpha value is -2.31. The number of halogens is 1. The zero-order valence-corrected chi connectivity index (χ0v) is 12.4. The van der Waals surface area contributed by atoms with Gasteiger partial charge in [0.25, 0.3) is 0 Å². The van der Waals surface area contributed by atoms with Crippen molar-refractivity contribution in [3.05, 3.63) is 30.1 Å². The van der Waals surface area contributed by atoms with Crippen LogP contribution in [-0.2, 0) is 4.79 Å². The first kappa shape index (κ1) is 16.1. The number of amides is 2. The summed E-state index contributed by atoms with van der Waals surface area (Å²) in [7, 11) is 0. The van der Waals surface area contributed by atoms with Crippen molar-refractivity contribution < 1.29 is 19.1 Å². The van der Waals surface area contributed by atoms with E-state index in [1.165, 1.54) is 29.2 Å². The van der Waals surface area contributed by atoms with Crippen LogP contribution in [-0.4, -0.2) is 40.6 Å². The maximum Gasteiger partial charge on any atom is 0.407 e. The Balaban J connectivity index is 2.29. The Morgan fingerprint density at radius 2 is 2.09 bits per heavy atom. The molecule has 1 aliphatic heterocycles. The van der Waals surface area contributed by atoms with Gasteiger partial charge in [0.15, 0.2) is 0 Å². The minimum Gasteiger partial charge on any atom is -0.465 e. The van der Waals surface area contributed by atoms with Gasteiger partial charge in [0.05, 0.1) is 0 Å². The van der Waals surface area contributed by atoms with Crippen molar-refractivity contribution in [3.63, 3.8) is 0 Å². The van der Waals surface area contributed by atoms with Crippen LogP contribution in [0.25, 0.3) is 0 Å². The van der Waals surface area contributed by atoms with Crippen molar-refractivity contribution in [3.8, 4) is 0 Å². The van der Waals surface area contributed by atoms with Crippen molar-refractivity contribution in [2.45, 2.75) is 25.3 Å². The third-order valence-corrected chi connectivity index (χ3v) is 4.33. The first-order valence-corrected chi connectivity index (χ1v) is 7.20. The number of nitrogens with two attached hydrogens (primary N) is 1. The zero-order valence-electron chi connectivity index (χ0n) is 12.4. The fraction of sp³-hybridized carbons (Fsp3) is 0.467. The van der Waals surface area contributed by atoms with Gasteiger partial charge in [0.2, 0.25) is 5.91 Å². The second kappa shape index (κ2) is 6.21. The monoisotopic (exact) mass is 309 g/mol. The molecule has 2 atom stereocenters. The summed E-state index contributed by atoms with van der Waals surface area (Å²) in [4.78, 5) is 24.5. The van der Waals surface area contributed by atoms with Crippen LogP contribution in [0.3, 0.4) is 0 Å². The average Bonchev–Trinajstić information content (AvgIpc) is 2.49. The molecule has 22 heavy (non-hydrogen) atoms. The SMILES string of the molecule is CCC1CN(C(=O)O)CCC1(Nc1ccc(F)cc1)C(N)=O. The van der Waals surface area contributed by atoms with E-state index < -0.39 is 17.5 Å². The molecule has 1 heterocycles. The molecule has 7 heteroatoms. The molecule has 0 aromatic heterocycles. The van der Waals surface area contributed by atoms with E-state index in [1.54, 1.807) is 0 Å². The lowest BCUT2D eigenvalue weighted by molar-refractivity contribution is -0.126. The summed E-state index contributed by atoms with van der Waals surface area (Å²) >= 11 is 0. The summed E-state index contributed by atoms with van der Waals surface area (Å²) in [6.45, 7) is 2.35. The number of carbonyl (C=O) groups is 2. The van der Waals surface area contributed by atoms with Crippen LogP contribution in [0, 0.1) is 11.7 Å². The third-order valence-electron chi connectivity index (χ3n) is 4.33. The Morgan fingerprint density at radius 3 is 2.59 bits per heavy atom. The van der Waals surface area contributed by atoms with E-state index in [2.05, 4.69) is 5.32 Å². The van der Waals surface area contributed by atoms with Crippen LogP contribution in [0.1, 0.15) is 19.8 Å². The number of carboxylic acid groups (broad SMARTS) is 1. The standard InChI is InChI=1S/C15H20FN3O3/c1-2-10-9-19(14(21)22)8-7-15(10,13(17)20)18-12-5-3-11(16)4-6-12/h3-6,10,18H,2,7-9H2,1H3,(H2,17,20)(H,21,22). The Bertz CT molecular complexity index is 564. The molecule has 4 N–H and O–H groups in total.